The van der Waals surface area contributed by atoms with E-state index in [1.54, 1.807) is 4.90 Å². The number of hydrogen-bond donors (Lipinski definition) is 2. The summed E-state index contributed by atoms with van der Waals surface area (Å²) in [5.41, 5.74) is 2.67. The lowest BCUT2D eigenvalue weighted by Gasteiger charge is -2.38. The SMILES string of the molecule is Cc1ccc(Cl)cc1-c1cccc2cc(C(=O)N3CCCC(O)(CO)C3)ccc12. The number of β-amino-alcohol motifs (C(OH)–C–C–N with tert-alkyl or cyclic N) is 1. The summed E-state index contributed by atoms with van der Waals surface area (Å²) in [4.78, 5) is 14.6. The summed E-state index contributed by atoms with van der Waals surface area (Å²) in [6.45, 7) is 2.46. The van der Waals surface area contributed by atoms with Crippen molar-refractivity contribution < 1.29 is 15.0 Å². The molecular weight excluding hydrogens is 386 g/mol. The molecule has 2 N–H and O–H groups in total. The maximum absolute atomic E-state index is 13.0. The normalized spacial score (nSPS) is 19.5. The first-order valence-corrected chi connectivity index (χ1v) is 10.2. The molecule has 1 unspecified atom stereocenters. The summed E-state index contributed by atoms with van der Waals surface area (Å²) in [6.07, 6.45) is 1.18. The van der Waals surface area contributed by atoms with E-state index < -0.39 is 5.60 Å². The van der Waals surface area contributed by atoms with E-state index in [0.717, 1.165) is 27.5 Å². The lowest BCUT2D eigenvalue weighted by Crippen LogP contribution is -2.52. The van der Waals surface area contributed by atoms with Gasteiger partial charge >= 0.3 is 0 Å². The number of aryl methyl sites for hydroxylation is 1. The van der Waals surface area contributed by atoms with Crippen molar-refractivity contribution in [3.05, 3.63) is 70.7 Å². The first kappa shape index (κ1) is 19.9. The largest absolute Gasteiger partial charge is 0.393 e. The topological polar surface area (TPSA) is 60.8 Å². The van der Waals surface area contributed by atoms with E-state index in [0.29, 0.717) is 30.0 Å². The van der Waals surface area contributed by atoms with E-state index in [1.165, 1.54) is 0 Å². The zero-order chi connectivity index (χ0) is 20.6. The third-order valence-electron chi connectivity index (χ3n) is 5.75. The van der Waals surface area contributed by atoms with Crippen LogP contribution in [0.15, 0.2) is 54.6 Å². The van der Waals surface area contributed by atoms with Crippen LogP contribution in [0.5, 0.6) is 0 Å². The first-order chi connectivity index (χ1) is 13.9. The van der Waals surface area contributed by atoms with Crippen LogP contribution in [0.3, 0.4) is 0 Å². The minimum atomic E-state index is -1.21. The van der Waals surface area contributed by atoms with Crippen molar-refractivity contribution in [3.8, 4) is 11.1 Å². The standard InChI is InChI=1S/C24H24ClNO3/c1-16-6-8-19(25)13-22(16)21-5-2-4-17-12-18(7-9-20(17)21)23(28)26-11-3-10-24(29,14-26)15-27/h2,4-9,12-13,27,29H,3,10-11,14-15H2,1H3. The second kappa shape index (κ2) is 7.79. The second-order valence-electron chi connectivity index (χ2n) is 7.91. The number of likely N-dealkylation sites (tertiary alicyclic amines) is 1. The Labute approximate surface area is 175 Å². The molecule has 29 heavy (non-hydrogen) atoms. The highest BCUT2D eigenvalue weighted by Crippen LogP contribution is 2.33. The van der Waals surface area contributed by atoms with Gasteiger partial charge in [-0.1, -0.05) is 41.9 Å². The average molecular weight is 410 g/mol. The van der Waals surface area contributed by atoms with Gasteiger partial charge in [0, 0.05) is 17.1 Å². The smallest absolute Gasteiger partial charge is 0.253 e. The van der Waals surface area contributed by atoms with Crippen LogP contribution in [-0.4, -0.2) is 46.3 Å². The molecule has 5 heteroatoms. The molecule has 1 amide bonds. The number of aliphatic hydroxyl groups excluding tert-OH is 1. The summed E-state index contributed by atoms with van der Waals surface area (Å²) in [7, 11) is 0. The van der Waals surface area contributed by atoms with E-state index in [9.17, 15) is 15.0 Å². The molecule has 1 aliphatic rings. The fourth-order valence-corrected chi connectivity index (χ4v) is 4.31. The van der Waals surface area contributed by atoms with Gasteiger partial charge in [-0.2, -0.15) is 0 Å². The van der Waals surface area contributed by atoms with E-state index in [1.807, 2.05) is 48.5 Å². The van der Waals surface area contributed by atoms with Gasteiger partial charge in [-0.25, -0.2) is 0 Å². The summed E-state index contributed by atoms with van der Waals surface area (Å²) >= 11 is 6.22. The number of carbonyl (C=O) groups excluding carboxylic acids is 1. The van der Waals surface area contributed by atoms with Crippen LogP contribution in [0.1, 0.15) is 28.8 Å². The van der Waals surface area contributed by atoms with Crippen molar-refractivity contribution in [2.75, 3.05) is 19.7 Å². The average Bonchev–Trinajstić information content (AvgIpc) is 2.74. The molecule has 1 saturated heterocycles. The van der Waals surface area contributed by atoms with Gasteiger partial charge in [0.25, 0.3) is 5.91 Å². The van der Waals surface area contributed by atoms with Crippen LogP contribution in [0.25, 0.3) is 21.9 Å². The Morgan fingerprint density at radius 1 is 1.14 bits per heavy atom. The third-order valence-corrected chi connectivity index (χ3v) is 5.99. The number of nitrogens with zero attached hydrogens (tertiary/aromatic N) is 1. The highest BCUT2D eigenvalue weighted by atomic mass is 35.5. The van der Waals surface area contributed by atoms with Gasteiger partial charge in [0.05, 0.1) is 13.2 Å². The molecule has 1 aliphatic heterocycles. The maximum Gasteiger partial charge on any atom is 0.253 e. The quantitative estimate of drug-likeness (QED) is 0.672. The maximum atomic E-state index is 13.0. The zero-order valence-electron chi connectivity index (χ0n) is 16.4. The van der Waals surface area contributed by atoms with Crippen molar-refractivity contribution in [1.29, 1.82) is 0 Å². The van der Waals surface area contributed by atoms with Crippen molar-refractivity contribution in [1.82, 2.24) is 4.90 Å². The van der Waals surface area contributed by atoms with Crippen molar-refractivity contribution in [2.45, 2.75) is 25.4 Å². The Hall–Kier alpha value is -2.40. The minimum Gasteiger partial charge on any atom is -0.393 e. The van der Waals surface area contributed by atoms with E-state index in [4.69, 9.17) is 11.6 Å². The molecule has 0 radical (unpaired) electrons. The molecule has 3 aromatic carbocycles. The number of benzene rings is 3. The highest BCUT2D eigenvalue weighted by Gasteiger charge is 2.34. The molecule has 0 aromatic heterocycles. The number of amides is 1. The van der Waals surface area contributed by atoms with Crippen molar-refractivity contribution in [2.24, 2.45) is 0 Å². The minimum absolute atomic E-state index is 0.122. The fourth-order valence-electron chi connectivity index (χ4n) is 4.13. The van der Waals surface area contributed by atoms with Gasteiger partial charge < -0.3 is 15.1 Å². The van der Waals surface area contributed by atoms with Gasteiger partial charge in [0.2, 0.25) is 0 Å². The lowest BCUT2D eigenvalue weighted by molar-refractivity contribution is -0.0598. The first-order valence-electron chi connectivity index (χ1n) is 9.82. The van der Waals surface area contributed by atoms with Gasteiger partial charge in [-0.3, -0.25) is 4.79 Å². The zero-order valence-corrected chi connectivity index (χ0v) is 17.1. The highest BCUT2D eigenvalue weighted by molar-refractivity contribution is 6.31. The van der Waals surface area contributed by atoms with E-state index in [-0.39, 0.29) is 19.1 Å². The van der Waals surface area contributed by atoms with Gasteiger partial charge in [-0.15, -0.1) is 0 Å². The number of hydrogen-bond acceptors (Lipinski definition) is 3. The van der Waals surface area contributed by atoms with Crippen LogP contribution in [0.2, 0.25) is 5.02 Å². The molecule has 0 bridgehead atoms. The predicted molar refractivity (Wildman–Crippen MR) is 116 cm³/mol. The van der Waals surface area contributed by atoms with Crippen LogP contribution in [0, 0.1) is 6.92 Å². The van der Waals surface area contributed by atoms with Crippen molar-refractivity contribution >= 4 is 28.3 Å². The van der Waals surface area contributed by atoms with Gasteiger partial charge in [0.15, 0.2) is 0 Å². The predicted octanol–water partition coefficient (Wildman–Crippen LogP) is 4.43. The molecule has 3 aromatic rings. The lowest BCUT2D eigenvalue weighted by atomic mass is 9.92. The Balaban J connectivity index is 1.71. The molecule has 4 nitrogen and oxygen atoms in total. The molecule has 0 saturated carbocycles. The summed E-state index contributed by atoms with van der Waals surface area (Å²) < 4.78 is 0. The Morgan fingerprint density at radius 2 is 1.97 bits per heavy atom. The number of rotatable bonds is 3. The van der Waals surface area contributed by atoms with Crippen LogP contribution in [0.4, 0.5) is 0 Å². The van der Waals surface area contributed by atoms with Gasteiger partial charge in [-0.05, 0) is 71.5 Å². The summed E-state index contributed by atoms with van der Waals surface area (Å²) in [5.74, 6) is -0.122. The molecular formula is C24H24ClNO3. The molecule has 150 valence electrons. The number of carbonyl (C=O) groups is 1. The molecule has 1 heterocycles. The van der Waals surface area contributed by atoms with Gasteiger partial charge in [0.1, 0.15) is 5.60 Å². The third kappa shape index (κ3) is 3.88. The van der Waals surface area contributed by atoms with Crippen LogP contribution >= 0.6 is 11.6 Å². The van der Waals surface area contributed by atoms with Crippen LogP contribution < -0.4 is 0 Å². The molecule has 0 aliphatic carbocycles. The number of piperidine rings is 1. The number of fused-ring (bicyclic) bond motifs is 1. The summed E-state index contributed by atoms with van der Waals surface area (Å²) in [5, 5.41) is 22.5. The van der Waals surface area contributed by atoms with Crippen molar-refractivity contribution in [3.63, 3.8) is 0 Å². The Morgan fingerprint density at radius 3 is 2.76 bits per heavy atom. The van der Waals surface area contributed by atoms with Crippen LogP contribution in [-0.2, 0) is 0 Å². The molecule has 1 fully saturated rings. The second-order valence-corrected chi connectivity index (χ2v) is 8.35. The molecule has 4 rings (SSSR count). The van der Waals surface area contributed by atoms with E-state index >= 15 is 0 Å². The monoisotopic (exact) mass is 409 g/mol. The Bertz CT molecular complexity index is 1080. The molecule has 0 spiro atoms. The summed E-state index contributed by atoms with van der Waals surface area (Å²) in [6, 6.07) is 17.6. The Kier molecular flexibility index (Phi) is 5.34. The number of aliphatic hydroxyl groups is 2. The molecule has 1 atom stereocenters. The fraction of sp³-hybridized carbons (Fsp3) is 0.292. The van der Waals surface area contributed by atoms with E-state index in [2.05, 4.69) is 13.0 Å². The number of halogens is 1.